The van der Waals surface area contributed by atoms with Gasteiger partial charge in [-0.15, -0.1) is 0 Å². The summed E-state index contributed by atoms with van der Waals surface area (Å²) in [5.41, 5.74) is 2.04. The minimum absolute atomic E-state index is 0.0751. The van der Waals surface area contributed by atoms with Crippen molar-refractivity contribution in [2.75, 3.05) is 45.8 Å². The van der Waals surface area contributed by atoms with Gasteiger partial charge in [0.1, 0.15) is 18.3 Å². The average molecular weight is 479 g/mol. The zero-order valence-electron chi connectivity index (χ0n) is 17.9. The second-order valence-corrected chi connectivity index (χ2v) is 9.71. The van der Waals surface area contributed by atoms with Crippen molar-refractivity contribution in [3.8, 4) is 0 Å². The number of benzene rings is 2. The Morgan fingerprint density at radius 2 is 1.97 bits per heavy atom. The molecule has 0 spiro atoms. The number of hydrogen-bond donors (Lipinski definition) is 2. The van der Waals surface area contributed by atoms with Crippen LogP contribution in [0.5, 0.6) is 0 Å². The van der Waals surface area contributed by atoms with Gasteiger partial charge in [-0.3, -0.25) is 9.79 Å². The first kappa shape index (κ1) is 24.2. The second-order valence-electron chi connectivity index (χ2n) is 7.35. The number of carbonyl (C=O) groups excluding carboxylic acids is 1. The van der Waals surface area contributed by atoms with Crippen molar-refractivity contribution in [2.45, 2.75) is 11.4 Å². The van der Waals surface area contributed by atoms with E-state index in [1.807, 2.05) is 24.3 Å². The summed E-state index contributed by atoms with van der Waals surface area (Å²) in [5, 5.41) is 6.24. The van der Waals surface area contributed by atoms with E-state index in [9.17, 15) is 13.2 Å². The minimum atomic E-state index is -3.54. The molecule has 0 unspecified atom stereocenters. The lowest BCUT2D eigenvalue weighted by atomic mass is 10.1. The predicted molar refractivity (Wildman–Crippen MR) is 125 cm³/mol. The zero-order chi connectivity index (χ0) is 23.0. The Morgan fingerprint density at radius 3 is 2.66 bits per heavy atom. The van der Waals surface area contributed by atoms with Crippen LogP contribution in [-0.2, 0) is 25.9 Å². The third-order valence-corrected chi connectivity index (χ3v) is 6.91. The van der Waals surface area contributed by atoms with Gasteiger partial charge in [-0.2, -0.15) is 0 Å². The van der Waals surface area contributed by atoms with E-state index >= 15 is 0 Å². The molecule has 2 N–H and O–H groups in total. The molecule has 1 amide bonds. The predicted octanol–water partition coefficient (Wildman–Crippen LogP) is 1.69. The number of rotatable bonds is 11. The molecule has 172 valence electrons. The molecule has 32 heavy (non-hydrogen) atoms. The summed E-state index contributed by atoms with van der Waals surface area (Å²) in [4.78, 5) is 18.4. The lowest BCUT2D eigenvalue weighted by Crippen LogP contribution is -2.32. The molecule has 3 rings (SSSR count). The second kappa shape index (κ2) is 11.4. The largest absolute Gasteiger partial charge is 0.370 e. The van der Waals surface area contributed by atoms with Crippen LogP contribution in [-0.4, -0.2) is 70.8 Å². The molecule has 0 aliphatic carbocycles. The standard InChI is InChI=1S/C22H27ClN4O4S/c1-27(14-17-6-8-18(9-7-17)22-25-10-11-26-22)21(28)15-31-13-12-24-16-32(29,30)20-5-3-2-4-19(20)23/h2-9,24H,10-16H2,1H3,(H,25,26). The molecule has 8 nitrogen and oxygen atoms in total. The number of halogens is 1. The lowest BCUT2D eigenvalue weighted by molar-refractivity contribution is -0.135. The van der Waals surface area contributed by atoms with Crippen LogP contribution in [0, 0.1) is 0 Å². The Morgan fingerprint density at radius 1 is 1.22 bits per heavy atom. The van der Waals surface area contributed by atoms with Crippen molar-refractivity contribution in [3.05, 3.63) is 64.7 Å². The monoisotopic (exact) mass is 478 g/mol. The van der Waals surface area contributed by atoms with Crippen molar-refractivity contribution in [1.29, 1.82) is 0 Å². The Hall–Kier alpha value is -2.46. The van der Waals surface area contributed by atoms with Crippen molar-refractivity contribution >= 4 is 33.2 Å². The molecular formula is C22H27ClN4O4S. The maximum atomic E-state index is 12.3. The van der Waals surface area contributed by atoms with E-state index in [1.54, 1.807) is 24.1 Å². The topological polar surface area (TPSA) is 100 Å². The normalized spacial score (nSPS) is 13.5. The van der Waals surface area contributed by atoms with Crippen molar-refractivity contribution in [3.63, 3.8) is 0 Å². The van der Waals surface area contributed by atoms with E-state index < -0.39 is 9.84 Å². The molecule has 0 bridgehead atoms. The van der Waals surface area contributed by atoms with Crippen LogP contribution in [0.25, 0.3) is 0 Å². The van der Waals surface area contributed by atoms with Crippen molar-refractivity contribution < 1.29 is 17.9 Å². The number of hydrogen-bond acceptors (Lipinski definition) is 7. The van der Waals surface area contributed by atoms with E-state index in [1.165, 1.54) is 12.1 Å². The summed E-state index contributed by atoms with van der Waals surface area (Å²) in [6.07, 6.45) is 0. The molecule has 2 aromatic carbocycles. The number of sulfone groups is 1. The summed E-state index contributed by atoms with van der Waals surface area (Å²) < 4.78 is 30.0. The van der Waals surface area contributed by atoms with Crippen LogP contribution >= 0.6 is 11.6 Å². The van der Waals surface area contributed by atoms with Gasteiger partial charge in [0.2, 0.25) is 5.91 Å². The summed E-state index contributed by atoms with van der Waals surface area (Å²) in [6, 6.07) is 14.2. The first-order valence-electron chi connectivity index (χ1n) is 10.2. The summed E-state index contributed by atoms with van der Waals surface area (Å²) in [5.74, 6) is 0.494. The summed E-state index contributed by atoms with van der Waals surface area (Å²) >= 11 is 5.95. The molecule has 0 fully saturated rings. The highest BCUT2D eigenvalue weighted by Crippen LogP contribution is 2.21. The van der Waals surface area contributed by atoms with Gasteiger partial charge in [0.15, 0.2) is 9.84 Å². The minimum Gasteiger partial charge on any atom is -0.370 e. The van der Waals surface area contributed by atoms with Gasteiger partial charge in [-0.1, -0.05) is 48.0 Å². The number of ether oxygens (including phenoxy) is 1. The van der Waals surface area contributed by atoms with Crippen LogP contribution in [0.1, 0.15) is 11.1 Å². The number of amides is 1. The number of amidine groups is 1. The highest BCUT2D eigenvalue weighted by molar-refractivity contribution is 7.91. The molecular weight excluding hydrogens is 452 g/mol. The fraction of sp³-hybridized carbons (Fsp3) is 0.364. The van der Waals surface area contributed by atoms with E-state index in [2.05, 4.69) is 15.6 Å². The van der Waals surface area contributed by atoms with E-state index in [4.69, 9.17) is 16.3 Å². The molecule has 10 heteroatoms. The maximum Gasteiger partial charge on any atom is 0.248 e. The Bertz CT molecular complexity index is 1060. The molecule has 0 atom stereocenters. The number of likely N-dealkylation sites (N-methyl/N-ethyl adjacent to an activating group) is 1. The fourth-order valence-electron chi connectivity index (χ4n) is 3.12. The van der Waals surface area contributed by atoms with E-state index in [0.29, 0.717) is 13.1 Å². The van der Waals surface area contributed by atoms with E-state index in [0.717, 1.165) is 30.1 Å². The molecule has 0 saturated heterocycles. The lowest BCUT2D eigenvalue weighted by Gasteiger charge is -2.17. The summed E-state index contributed by atoms with van der Waals surface area (Å²) in [6.45, 7) is 2.55. The average Bonchev–Trinajstić information content (AvgIpc) is 3.31. The highest BCUT2D eigenvalue weighted by Gasteiger charge is 2.17. The Kier molecular flexibility index (Phi) is 8.63. The van der Waals surface area contributed by atoms with Gasteiger partial charge in [-0.25, -0.2) is 8.42 Å². The van der Waals surface area contributed by atoms with Crippen molar-refractivity contribution in [2.24, 2.45) is 4.99 Å². The van der Waals surface area contributed by atoms with Crippen LogP contribution in [0.15, 0.2) is 58.4 Å². The van der Waals surface area contributed by atoms with Crippen LogP contribution in [0.2, 0.25) is 5.02 Å². The quantitative estimate of drug-likeness (QED) is 0.477. The van der Waals surface area contributed by atoms with Gasteiger partial charge in [0, 0.05) is 32.2 Å². The van der Waals surface area contributed by atoms with Crippen molar-refractivity contribution in [1.82, 2.24) is 15.5 Å². The zero-order valence-corrected chi connectivity index (χ0v) is 19.5. The third-order valence-electron chi connectivity index (χ3n) is 4.86. The molecule has 1 aliphatic rings. The van der Waals surface area contributed by atoms with Gasteiger partial charge in [-0.05, 0) is 17.7 Å². The summed E-state index contributed by atoms with van der Waals surface area (Å²) in [7, 11) is -1.82. The van der Waals surface area contributed by atoms with E-state index in [-0.39, 0.29) is 34.9 Å². The highest BCUT2D eigenvalue weighted by atomic mass is 35.5. The van der Waals surface area contributed by atoms with Gasteiger partial charge < -0.3 is 20.3 Å². The molecule has 1 heterocycles. The van der Waals surface area contributed by atoms with Gasteiger partial charge in [0.25, 0.3) is 0 Å². The molecule has 2 aromatic rings. The van der Waals surface area contributed by atoms with Gasteiger partial charge in [0.05, 0.1) is 23.1 Å². The number of nitrogens with one attached hydrogen (secondary N) is 2. The molecule has 0 radical (unpaired) electrons. The van der Waals surface area contributed by atoms with Crippen LogP contribution in [0.4, 0.5) is 0 Å². The Balaban J connectivity index is 1.34. The van der Waals surface area contributed by atoms with Gasteiger partial charge >= 0.3 is 0 Å². The number of nitrogens with zero attached hydrogens (tertiary/aromatic N) is 2. The van der Waals surface area contributed by atoms with Crippen LogP contribution in [0.3, 0.4) is 0 Å². The molecule has 0 saturated carbocycles. The maximum absolute atomic E-state index is 12.3. The number of carbonyl (C=O) groups is 1. The fourth-order valence-corrected chi connectivity index (χ4v) is 4.82. The Labute approximate surface area is 193 Å². The SMILES string of the molecule is CN(Cc1ccc(C2=NCCN2)cc1)C(=O)COCCNCS(=O)(=O)c1ccccc1Cl. The molecule has 1 aliphatic heterocycles. The molecule has 0 aromatic heterocycles. The smallest absolute Gasteiger partial charge is 0.248 e. The van der Waals surface area contributed by atoms with Crippen LogP contribution < -0.4 is 10.6 Å². The third kappa shape index (κ3) is 6.77. The first-order chi connectivity index (χ1) is 15.4. The number of aliphatic imine (C=N–C) groups is 1. The first-order valence-corrected chi connectivity index (χ1v) is 12.3.